The molecular formula is C23H27N3OS. The van der Waals surface area contributed by atoms with Crippen molar-refractivity contribution in [1.82, 2.24) is 9.88 Å². The van der Waals surface area contributed by atoms with Crippen molar-refractivity contribution in [1.29, 1.82) is 0 Å². The van der Waals surface area contributed by atoms with Crippen molar-refractivity contribution in [2.24, 2.45) is 0 Å². The molecule has 1 atom stereocenters. The first kappa shape index (κ1) is 19.1. The van der Waals surface area contributed by atoms with Crippen LogP contribution in [-0.4, -0.2) is 41.8 Å². The number of anilines is 1. The smallest absolute Gasteiger partial charge is 0.186 e. The standard InChI is InChI=1S/C23H27N3OS/c1-16-4-5-21-22(12-16)28-23(24-21)26-8-7-25(18(3)14-26)15-20-11-17(2)10-19(13-20)6-9-27/h4-5,9-13,18H,6-8,14-15H2,1-3H3/t18-/m0/s1. The van der Waals surface area contributed by atoms with Crippen molar-refractivity contribution in [3.05, 3.63) is 58.7 Å². The van der Waals surface area contributed by atoms with Gasteiger partial charge in [0.15, 0.2) is 5.13 Å². The molecule has 28 heavy (non-hydrogen) atoms. The summed E-state index contributed by atoms with van der Waals surface area (Å²) in [6.07, 6.45) is 1.48. The van der Waals surface area contributed by atoms with E-state index >= 15 is 0 Å². The molecule has 0 unspecified atom stereocenters. The molecule has 0 aliphatic carbocycles. The van der Waals surface area contributed by atoms with Gasteiger partial charge in [0.2, 0.25) is 0 Å². The van der Waals surface area contributed by atoms with Gasteiger partial charge in [-0.15, -0.1) is 0 Å². The molecule has 1 fully saturated rings. The molecular weight excluding hydrogens is 366 g/mol. The predicted octanol–water partition coefficient (Wildman–Crippen LogP) is 4.37. The van der Waals surface area contributed by atoms with Crippen molar-refractivity contribution >= 4 is 33.0 Å². The van der Waals surface area contributed by atoms with Gasteiger partial charge in [-0.25, -0.2) is 4.98 Å². The lowest BCUT2D eigenvalue weighted by Crippen LogP contribution is -2.51. The summed E-state index contributed by atoms with van der Waals surface area (Å²) in [6.45, 7) is 10.5. The number of benzene rings is 2. The van der Waals surface area contributed by atoms with E-state index in [0.717, 1.165) is 48.7 Å². The average Bonchev–Trinajstić information content (AvgIpc) is 3.06. The molecule has 0 spiro atoms. The summed E-state index contributed by atoms with van der Waals surface area (Å²) in [5.41, 5.74) is 6.02. The number of hydrogen-bond acceptors (Lipinski definition) is 5. The van der Waals surface area contributed by atoms with Crippen LogP contribution in [0.25, 0.3) is 10.2 Å². The van der Waals surface area contributed by atoms with Crippen LogP contribution in [0.3, 0.4) is 0 Å². The first-order chi connectivity index (χ1) is 13.5. The minimum absolute atomic E-state index is 0.456. The minimum Gasteiger partial charge on any atom is -0.345 e. The molecule has 4 nitrogen and oxygen atoms in total. The lowest BCUT2D eigenvalue weighted by molar-refractivity contribution is -0.107. The maximum atomic E-state index is 10.9. The molecule has 0 saturated carbocycles. The summed E-state index contributed by atoms with van der Waals surface area (Å²) >= 11 is 1.80. The highest BCUT2D eigenvalue weighted by Crippen LogP contribution is 2.31. The van der Waals surface area contributed by atoms with Crippen LogP contribution in [0.15, 0.2) is 36.4 Å². The second kappa shape index (κ2) is 8.02. The van der Waals surface area contributed by atoms with Gasteiger partial charge in [-0.1, -0.05) is 41.2 Å². The van der Waals surface area contributed by atoms with E-state index in [0.29, 0.717) is 12.5 Å². The Bertz CT molecular complexity index is 997. The van der Waals surface area contributed by atoms with Crippen molar-refractivity contribution in [2.45, 2.75) is 39.8 Å². The van der Waals surface area contributed by atoms with Crippen LogP contribution in [0.4, 0.5) is 5.13 Å². The molecule has 0 bridgehead atoms. The monoisotopic (exact) mass is 393 g/mol. The number of carbonyl (C=O) groups excluding carboxylic acids is 1. The third-order valence-corrected chi connectivity index (χ3v) is 6.55. The maximum Gasteiger partial charge on any atom is 0.186 e. The van der Waals surface area contributed by atoms with Crippen molar-refractivity contribution in [3.8, 4) is 0 Å². The van der Waals surface area contributed by atoms with E-state index in [-0.39, 0.29) is 0 Å². The van der Waals surface area contributed by atoms with Gasteiger partial charge >= 0.3 is 0 Å². The molecule has 2 heterocycles. The van der Waals surface area contributed by atoms with E-state index < -0.39 is 0 Å². The van der Waals surface area contributed by atoms with Gasteiger partial charge in [0.25, 0.3) is 0 Å². The first-order valence-corrected chi connectivity index (χ1v) is 10.7. The Labute approximate surface area is 170 Å². The molecule has 1 saturated heterocycles. The Morgan fingerprint density at radius 3 is 2.71 bits per heavy atom. The van der Waals surface area contributed by atoms with Gasteiger partial charge < -0.3 is 9.69 Å². The van der Waals surface area contributed by atoms with Gasteiger partial charge in [0.1, 0.15) is 6.29 Å². The molecule has 0 N–H and O–H groups in total. The zero-order valence-electron chi connectivity index (χ0n) is 16.8. The molecule has 146 valence electrons. The van der Waals surface area contributed by atoms with E-state index in [1.165, 1.54) is 21.4 Å². The SMILES string of the molecule is Cc1cc(CC=O)cc(CN2CCN(c3nc4ccc(C)cc4s3)C[C@@H]2C)c1. The van der Waals surface area contributed by atoms with Crippen LogP contribution in [0.5, 0.6) is 0 Å². The van der Waals surface area contributed by atoms with E-state index in [9.17, 15) is 4.79 Å². The third kappa shape index (κ3) is 4.10. The summed E-state index contributed by atoms with van der Waals surface area (Å²) in [5, 5.41) is 1.14. The van der Waals surface area contributed by atoms with Crippen molar-refractivity contribution in [3.63, 3.8) is 0 Å². The fourth-order valence-electron chi connectivity index (χ4n) is 4.05. The number of rotatable bonds is 5. The summed E-state index contributed by atoms with van der Waals surface area (Å²) in [4.78, 5) is 20.7. The second-order valence-electron chi connectivity index (χ2n) is 7.93. The summed E-state index contributed by atoms with van der Waals surface area (Å²) in [6, 6.07) is 13.5. The quantitative estimate of drug-likeness (QED) is 0.603. The molecule has 4 rings (SSSR count). The van der Waals surface area contributed by atoms with Crippen LogP contribution < -0.4 is 4.90 Å². The number of aromatic nitrogens is 1. The van der Waals surface area contributed by atoms with Crippen LogP contribution in [0, 0.1) is 13.8 Å². The van der Waals surface area contributed by atoms with E-state index in [4.69, 9.17) is 4.98 Å². The topological polar surface area (TPSA) is 36.4 Å². The van der Waals surface area contributed by atoms with Gasteiger partial charge in [-0.2, -0.15) is 0 Å². The number of fused-ring (bicyclic) bond motifs is 1. The number of carbonyl (C=O) groups is 1. The van der Waals surface area contributed by atoms with E-state index in [1.807, 2.05) is 0 Å². The van der Waals surface area contributed by atoms with Gasteiger partial charge in [-0.05, 0) is 49.6 Å². The predicted molar refractivity (Wildman–Crippen MR) is 117 cm³/mol. The molecule has 2 aromatic carbocycles. The number of nitrogens with zero attached hydrogens (tertiary/aromatic N) is 3. The summed E-state index contributed by atoms with van der Waals surface area (Å²) in [7, 11) is 0. The fraction of sp³-hybridized carbons (Fsp3) is 0.391. The van der Waals surface area contributed by atoms with Gasteiger partial charge in [-0.3, -0.25) is 4.90 Å². The van der Waals surface area contributed by atoms with E-state index in [1.54, 1.807) is 11.3 Å². The Hall–Kier alpha value is -2.24. The Balaban J connectivity index is 1.45. The largest absolute Gasteiger partial charge is 0.345 e. The average molecular weight is 394 g/mol. The first-order valence-electron chi connectivity index (χ1n) is 9.91. The Morgan fingerprint density at radius 1 is 1.11 bits per heavy atom. The van der Waals surface area contributed by atoms with Crippen LogP contribution >= 0.6 is 11.3 Å². The molecule has 5 heteroatoms. The summed E-state index contributed by atoms with van der Waals surface area (Å²) < 4.78 is 1.27. The number of piperazine rings is 1. The minimum atomic E-state index is 0.456. The number of thiazole rings is 1. The Morgan fingerprint density at radius 2 is 1.93 bits per heavy atom. The lowest BCUT2D eigenvalue weighted by Gasteiger charge is -2.40. The molecule has 0 amide bonds. The number of hydrogen-bond donors (Lipinski definition) is 0. The number of aryl methyl sites for hydroxylation is 2. The van der Waals surface area contributed by atoms with Crippen molar-refractivity contribution in [2.75, 3.05) is 24.5 Å². The van der Waals surface area contributed by atoms with Crippen LogP contribution in [0.2, 0.25) is 0 Å². The molecule has 1 aliphatic heterocycles. The zero-order valence-corrected chi connectivity index (χ0v) is 17.6. The highest BCUT2D eigenvalue weighted by atomic mass is 32.1. The molecule has 1 aliphatic rings. The number of aldehydes is 1. The van der Waals surface area contributed by atoms with Gasteiger partial charge in [0.05, 0.1) is 10.2 Å². The lowest BCUT2D eigenvalue weighted by atomic mass is 10.0. The van der Waals surface area contributed by atoms with Crippen molar-refractivity contribution < 1.29 is 4.79 Å². The van der Waals surface area contributed by atoms with E-state index in [2.05, 4.69) is 67.0 Å². The summed E-state index contributed by atoms with van der Waals surface area (Å²) in [5.74, 6) is 0. The normalized spacial score (nSPS) is 18.0. The third-order valence-electron chi connectivity index (χ3n) is 5.47. The highest BCUT2D eigenvalue weighted by molar-refractivity contribution is 7.22. The fourth-order valence-corrected chi connectivity index (χ4v) is 5.15. The van der Waals surface area contributed by atoms with Crippen LogP contribution in [0.1, 0.15) is 29.2 Å². The molecule has 3 aromatic rings. The molecule has 1 aromatic heterocycles. The Kier molecular flexibility index (Phi) is 5.47. The molecule has 0 radical (unpaired) electrons. The second-order valence-corrected chi connectivity index (χ2v) is 8.94. The van der Waals surface area contributed by atoms with Crippen LogP contribution in [-0.2, 0) is 17.8 Å². The maximum absolute atomic E-state index is 10.9. The highest BCUT2D eigenvalue weighted by Gasteiger charge is 2.25. The van der Waals surface area contributed by atoms with Gasteiger partial charge in [0, 0.05) is 38.6 Å². The zero-order chi connectivity index (χ0) is 19.7.